The average molecular weight is 271 g/mol. The maximum Gasteiger partial charge on any atom is 0.136 e. The van der Waals surface area contributed by atoms with Crippen LogP contribution in [0.2, 0.25) is 0 Å². The highest BCUT2D eigenvalue weighted by Gasteiger charge is 2.12. The van der Waals surface area contributed by atoms with Gasteiger partial charge in [-0.3, -0.25) is 0 Å². The van der Waals surface area contributed by atoms with Crippen molar-refractivity contribution in [2.45, 2.75) is 26.8 Å². The molecule has 0 saturated heterocycles. The summed E-state index contributed by atoms with van der Waals surface area (Å²) in [4.78, 5) is 7.13. The van der Waals surface area contributed by atoms with Crippen LogP contribution in [0.3, 0.4) is 0 Å². The summed E-state index contributed by atoms with van der Waals surface area (Å²) >= 11 is 0. The Morgan fingerprint density at radius 2 is 2.05 bits per heavy atom. The van der Waals surface area contributed by atoms with E-state index in [2.05, 4.69) is 61.4 Å². The van der Waals surface area contributed by atoms with Crippen LogP contribution in [-0.4, -0.2) is 25.6 Å². The largest absolute Gasteiger partial charge is 0.359 e. The Labute approximate surface area is 122 Å². The molecule has 1 N–H and O–H groups in total. The summed E-state index contributed by atoms with van der Waals surface area (Å²) < 4.78 is 0. The second kappa shape index (κ2) is 6.71. The first-order chi connectivity index (χ1) is 9.65. The van der Waals surface area contributed by atoms with Gasteiger partial charge in [0.2, 0.25) is 0 Å². The van der Waals surface area contributed by atoms with Crippen LogP contribution in [0, 0.1) is 5.92 Å². The molecule has 20 heavy (non-hydrogen) atoms. The first-order valence-corrected chi connectivity index (χ1v) is 7.40. The molecule has 108 valence electrons. The summed E-state index contributed by atoms with van der Waals surface area (Å²) in [6.45, 7) is 6.36. The van der Waals surface area contributed by atoms with Crippen molar-refractivity contribution in [2.24, 2.45) is 5.92 Å². The minimum absolute atomic E-state index is 0.675. The van der Waals surface area contributed by atoms with Crippen LogP contribution in [0.5, 0.6) is 0 Å². The van der Waals surface area contributed by atoms with Gasteiger partial charge >= 0.3 is 0 Å². The van der Waals surface area contributed by atoms with Gasteiger partial charge in [0.1, 0.15) is 5.82 Å². The van der Waals surface area contributed by atoms with Crippen molar-refractivity contribution in [2.75, 3.05) is 25.5 Å². The molecule has 1 heterocycles. The molecule has 1 aromatic carbocycles. The van der Waals surface area contributed by atoms with Gasteiger partial charge in [0.25, 0.3) is 0 Å². The fourth-order valence-electron chi connectivity index (χ4n) is 2.48. The third-order valence-corrected chi connectivity index (χ3v) is 3.78. The van der Waals surface area contributed by atoms with Gasteiger partial charge < -0.3 is 10.2 Å². The third kappa shape index (κ3) is 3.28. The number of fused-ring (bicyclic) bond motifs is 1. The van der Waals surface area contributed by atoms with E-state index in [9.17, 15) is 0 Å². The normalized spacial score (nSPS) is 12.6. The van der Waals surface area contributed by atoms with Gasteiger partial charge in [0, 0.05) is 25.5 Å². The molecular weight excluding hydrogens is 246 g/mol. The highest BCUT2D eigenvalue weighted by molar-refractivity contribution is 5.92. The number of hydrogen-bond donors (Lipinski definition) is 1. The highest BCUT2D eigenvalue weighted by atomic mass is 15.2. The van der Waals surface area contributed by atoms with Crippen LogP contribution in [0.15, 0.2) is 30.3 Å². The number of hydrogen-bond acceptors (Lipinski definition) is 3. The van der Waals surface area contributed by atoms with Crippen LogP contribution in [0.1, 0.15) is 26.0 Å². The number of rotatable bonds is 6. The molecule has 0 aliphatic carbocycles. The van der Waals surface area contributed by atoms with E-state index < -0.39 is 0 Å². The highest BCUT2D eigenvalue weighted by Crippen LogP contribution is 2.25. The van der Waals surface area contributed by atoms with Crippen molar-refractivity contribution in [3.8, 4) is 0 Å². The Morgan fingerprint density at radius 3 is 2.75 bits per heavy atom. The molecule has 0 spiro atoms. The second-order valence-electron chi connectivity index (χ2n) is 5.58. The Hall–Kier alpha value is -1.61. The molecule has 0 aliphatic heterocycles. The van der Waals surface area contributed by atoms with E-state index >= 15 is 0 Å². The van der Waals surface area contributed by atoms with Crippen molar-refractivity contribution in [1.82, 2.24) is 10.3 Å². The minimum Gasteiger partial charge on any atom is -0.359 e. The van der Waals surface area contributed by atoms with E-state index in [0.29, 0.717) is 5.92 Å². The lowest BCUT2D eigenvalue weighted by Crippen LogP contribution is -2.25. The number of aromatic nitrogens is 1. The molecule has 3 nitrogen and oxygen atoms in total. The fraction of sp³-hybridized carbons (Fsp3) is 0.471. The average Bonchev–Trinajstić information content (AvgIpc) is 2.46. The van der Waals surface area contributed by atoms with Crippen molar-refractivity contribution in [3.63, 3.8) is 0 Å². The Morgan fingerprint density at radius 1 is 1.30 bits per heavy atom. The molecule has 0 fully saturated rings. The van der Waals surface area contributed by atoms with E-state index in [4.69, 9.17) is 4.98 Å². The number of benzene rings is 1. The molecule has 3 heteroatoms. The molecular formula is C17H25N3. The van der Waals surface area contributed by atoms with Gasteiger partial charge in [-0.2, -0.15) is 0 Å². The summed E-state index contributed by atoms with van der Waals surface area (Å²) in [5.74, 6) is 1.77. The molecule has 2 rings (SSSR count). The number of nitrogens with one attached hydrogen (secondary N) is 1. The number of pyridine rings is 1. The van der Waals surface area contributed by atoms with Crippen LogP contribution >= 0.6 is 0 Å². The van der Waals surface area contributed by atoms with Gasteiger partial charge in [-0.25, -0.2) is 4.98 Å². The first kappa shape index (κ1) is 14.8. The standard InChI is InChI=1S/C17H25N3/c1-5-13(2)12-20(4)17-16-9-7-6-8-14(16)10-15(19-17)11-18-3/h6-10,13,18H,5,11-12H2,1-4H3. The summed E-state index contributed by atoms with van der Waals surface area (Å²) in [5.41, 5.74) is 1.09. The van der Waals surface area contributed by atoms with Crippen molar-refractivity contribution < 1.29 is 0 Å². The third-order valence-electron chi connectivity index (χ3n) is 3.78. The predicted octanol–water partition coefficient (Wildman–Crippen LogP) is 3.44. The van der Waals surface area contributed by atoms with E-state index in [0.717, 1.165) is 24.6 Å². The van der Waals surface area contributed by atoms with Crippen LogP contribution < -0.4 is 10.2 Å². The SMILES string of the molecule is CCC(C)CN(C)c1nc(CNC)cc2ccccc12. The summed E-state index contributed by atoms with van der Waals surface area (Å²) in [5, 5.41) is 5.68. The smallest absolute Gasteiger partial charge is 0.136 e. The molecule has 1 unspecified atom stereocenters. The molecule has 0 amide bonds. The minimum atomic E-state index is 0.675. The second-order valence-corrected chi connectivity index (χ2v) is 5.58. The lowest BCUT2D eigenvalue weighted by Gasteiger charge is -2.24. The van der Waals surface area contributed by atoms with Gasteiger partial charge in [-0.15, -0.1) is 0 Å². The van der Waals surface area contributed by atoms with Gasteiger partial charge in [-0.1, -0.05) is 44.5 Å². The molecule has 2 aromatic rings. The topological polar surface area (TPSA) is 28.2 Å². The van der Waals surface area contributed by atoms with Gasteiger partial charge in [0.05, 0.1) is 5.69 Å². The maximum atomic E-state index is 4.84. The van der Waals surface area contributed by atoms with Crippen LogP contribution in [-0.2, 0) is 6.54 Å². The van der Waals surface area contributed by atoms with Gasteiger partial charge in [-0.05, 0) is 24.4 Å². The van der Waals surface area contributed by atoms with Gasteiger partial charge in [0.15, 0.2) is 0 Å². The Bertz CT molecular complexity index is 565. The number of anilines is 1. The first-order valence-electron chi connectivity index (χ1n) is 7.40. The molecule has 0 aliphatic rings. The zero-order valence-electron chi connectivity index (χ0n) is 13.0. The van der Waals surface area contributed by atoms with Crippen molar-refractivity contribution in [1.29, 1.82) is 0 Å². The van der Waals surface area contributed by atoms with Crippen LogP contribution in [0.25, 0.3) is 10.8 Å². The van der Waals surface area contributed by atoms with E-state index in [1.165, 1.54) is 17.2 Å². The zero-order chi connectivity index (χ0) is 14.5. The Kier molecular flexibility index (Phi) is 4.96. The molecule has 0 saturated carbocycles. The summed E-state index contributed by atoms with van der Waals surface area (Å²) in [6.07, 6.45) is 1.19. The predicted molar refractivity (Wildman–Crippen MR) is 87.2 cm³/mol. The van der Waals surface area contributed by atoms with Crippen molar-refractivity contribution in [3.05, 3.63) is 36.0 Å². The lowest BCUT2D eigenvalue weighted by atomic mass is 10.1. The fourth-order valence-corrected chi connectivity index (χ4v) is 2.48. The maximum absolute atomic E-state index is 4.84. The van der Waals surface area contributed by atoms with Crippen molar-refractivity contribution >= 4 is 16.6 Å². The van der Waals surface area contributed by atoms with E-state index in [1.54, 1.807) is 0 Å². The lowest BCUT2D eigenvalue weighted by molar-refractivity contribution is 0.558. The van der Waals surface area contributed by atoms with E-state index in [1.807, 2.05) is 7.05 Å². The summed E-state index contributed by atoms with van der Waals surface area (Å²) in [6, 6.07) is 10.7. The Balaban J connectivity index is 2.43. The molecule has 1 atom stereocenters. The van der Waals surface area contributed by atoms with Crippen LogP contribution in [0.4, 0.5) is 5.82 Å². The molecule has 1 aromatic heterocycles. The zero-order valence-corrected chi connectivity index (χ0v) is 13.0. The van der Waals surface area contributed by atoms with E-state index in [-0.39, 0.29) is 0 Å². The quantitative estimate of drug-likeness (QED) is 0.872. The monoisotopic (exact) mass is 271 g/mol. The summed E-state index contributed by atoms with van der Waals surface area (Å²) in [7, 11) is 4.10. The molecule has 0 bridgehead atoms. The number of nitrogens with zero attached hydrogens (tertiary/aromatic N) is 2. The molecule has 0 radical (unpaired) electrons.